The highest BCUT2D eigenvalue weighted by molar-refractivity contribution is 5.85. The predicted octanol–water partition coefficient (Wildman–Crippen LogP) is 2.26. The second kappa shape index (κ2) is 3.89. The van der Waals surface area contributed by atoms with Crippen LogP contribution in [0.25, 0.3) is 10.9 Å². The number of ether oxygens (including phenoxy) is 1. The number of cyclic esters (lactones) is 1. The van der Waals surface area contributed by atoms with Gasteiger partial charge in [0.15, 0.2) is 0 Å². The number of piperidine rings is 1. The molecule has 108 valence electrons. The van der Waals surface area contributed by atoms with E-state index in [2.05, 4.69) is 41.2 Å². The standard InChI is InChI=1S/C17H18N2O2/c1-19-14-6-10-9-4-2-3-5-13(9)18-16(10)15(19)7-11-12(14)8-21-17(11)20/h2-5,11-12,14-15,18H,6-8H2,1H3/t11-,12-,14+,15-/m1/s1. The number of rotatable bonds is 0. The fourth-order valence-corrected chi connectivity index (χ4v) is 4.72. The lowest BCUT2D eigenvalue weighted by molar-refractivity contribution is -0.142. The van der Waals surface area contributed by atoms with Gasteiger partial charge in [-0.25, -0.2) is 0 Å². The van der Waals surface area contributed by atoms with Crippen molar-refractivity contribution in [3.8, 4) is 0 Å². The van der Waals surface area contributed by atoms with Crippen LogP contribution in [0.2, 0.25) is 0 Å². The number of hydrogen-bond acceptors (Lipinski definition) is 3. The van der Waals surface area contributed by atoms with Crippen molar-refractivity contribution in [3.05, 3.63) is 35.5 Å². The summed E-state index contributed by atoms with van der Waals surface area (Å²) in [7, 11) is 2.20. The van der Waals surface area contributed by atoms with E-state index in [1.807, 2.05) is 0 Å². The van der Waals surface area contributed by atoms with Crippen LogP contribution in [0.4, 0.5) is 0 Å². The second-order valence-electron chi connectivity index (χ2n) is 6.65. The average molecular weight is 282 g/mol. The number of aromatic amines is 1. The molecule has 2 saturated heterocycles. The van der Waals surface area contributed by atoms with Crippen LogP contribution in [0.3, 0.4) is 0 Å². The van der Waals surface area contributed by atoms with Crippen molar-refractivity contribution >= 4 is 16.9 Å². The van der Waals surface area contributed by atoms with E-state index in [1.54, 1.807) is 0 Å². The van der Waals surface area contributed by atoms with Gasteiger partial charge >= 0.3 is 5.97 Å². The maximum absolute atomic E-state index is 12.0. The zero-order valence-electron chi connectivity index (χ0n) is 12.0. The number of fused-ring (bicyclic) bond motifs is 8. The molecule has 0 unspecified atom stereocenters. The minimum Gasteiger partial charge on any atom is -0.465 e. The third-order valence-corrected chi connectivity index (χ3v) is 5.82. The maximum atomic E-state index is 12.0. The third kappa shape index (κ3) is 1.41. The quantitative estimate of drug-likeness (QED) is 0.754. The van der Waals surface area contributed by atoms with E-state index in [4.69, 9.17) is 4.74 Å². The topological polar surface area (TPSA) is 45.3 Å². The molecule has 4 heterocycles. The average Bonchev–Trinajstić information content (AvgIpc) is 3.02. The summed E-state index contributed by atoms with van der Waals surface area (Å²) in [6, 6.07) is 9.28. The third-order valence-electron chi connectivity index (χ3n) is 5.82. The van der Waals surface area contributed by atoms with Crippen LogP contribution in [-0.4, -0.2) is 35.5 Å². The first-order valence-electron chi connectivity index (χ1n) is 7.72. The van der Waals surface area contributed by atoms with E-state index in [0.29, 0.717) is 24.6 Å². The van der Waals surface area contributed by atoms with Gasteiger partial charge in [0.1, 0.15) is 0 Å². The molecule has 4 heteroatoms. The molecule has 0 radical (unpaired) electrons. The summed E-state index contributed by atoms with van der Waals surface area (Å²) < 4.78 is 5.34. The van der Waals surface area contributed by atoms with Crippen molar-refractivity contribution < 1.29 is 9.53 Å². The molecular weight excluding hydrogens is 264 g/mol. The van der Waals surface area contributed by atoms with Crippen molar-refractivity contribution in [2.75, 3.05) is 13.7 Å². The molecule has 2 fully saturated rings. The highest BCUT2D eigenvalue weighted by atomic mass is 16.5. The van der Waals surface area contributed by atoms with E-state index in [0.717, 1.165) is 12.8 Å². The van der Waals surface area contributed by atoms with Crippen LogP contribution in [0.1, 0.15) is 23.7 Å². The molecule has 1 aromatic heterocycles. The molecule has 0 saturated carbocycles. The van der Waals surface area contributed by atoms with Crippen LogP contribution in [0.5, 0.6) is 0 Å². The summed E-state index contributed by atoms with van der Waals surface area (Å²) >= 11 is 0. The Labute approximate surface area is 123 Å². The smallest absolute Gasteiger partial charge is 0.309 e. The van der Waals surface area contributed by atoms with Gasteiger partial charge in [0, 0.05) is 28.6 Å². The monoisotopic (exact) mass is 282 g/mol. The van der Waals surface area contributed by atoms with Gasteiger partial charge < -0.3 is 9.72 Å². The summed E-state index contributed by atoms with van der Waals surface area (Å²) in [5.41, 5.74) is 3.99. The van der Waals surface area contributed by atoms with Crippen molar-refractivity contribution in [1.29, 1.82) is 0 Å². The number of hydrogen-bond donors (Lipinski definition) is 1. The van der Waals surface area contributed by atoms with Crippen molar-refractivity contribution in [2.45, 2.75) is 24.9 Å². The van der Waals surface area contributed by atoms with Crippen molar-refractivity contribution in [1.82, 2.24) is 9.88 Å². The van der Waals surface area contributed by atoms with Gasteiger partial charge in [-0.2, -0.15) is 0 Å². The molecule has 0 amide bonds. The number of aromatic nitrogens is 1. The minimum absolute atomic E-state index is 0.0164. The zero-order chi connectivity index (χ0) is 14.1. The van der Waals surface area contributed by atoms with Crippen LogP contribution in [0.15, 0.2) is 24.3 Å². The lowest BCUT2D eigenvalue weighted by atomic mass is 9.72. The molecule has 2 bridgehead atoms. The Morgan fingerprint density at radius 3 is 3.10 bits per heavy atom. The Balaban J connectivity index is 1.69. The summed E-state index contributed by atoms with van der Waals surface area (Å²) in [5, 5.41) is 1.35. The molecule has 3 aliphatic rings. The molecule has 1 N–H and O–H groups in total. The largest absolute Gasteiger partial charge is 0.465 e. The van der Waals surface area contributed by atoms with Crippen LogP contribution < -0.4 is 0 Å². The summed E-state index contributed by atoms with van der Waals surface area (Å²) in [4.78, 5) is 18.0. The molecule has 1 aromatic carbocycles. The number of benzene rings is 1. The lowest BCUT2D eigenvalue weighted by Gasteiger charge is -2.48. The second-order valence-corrected chi connectivity index (χ2v) is 6.65. The van der Waals surface area contributed by atoms with Gasteiger partial charge in [0.25, 0.3) is 0 Å². The van der Waals surface area contributed by atoms with Gasteiger partial charge in [0.05, 0.1) is 18.6 Å². The number of likely N-dealkylation sites (N-methyl/N-ethyl adjacent to an activating group) is 1. The lowest BCUT2D eigenvalue weighted by Crippen LogP contribution is -2.52. The minimum atomic E-state index is 0.0164. The zero-order valence-corrected chi connectivity index (χ0v) is 12.0. The van der Waals surface area contributed by atoms with E-state index < -0.39 is 0 Å². The Kier molecular flexibility index (Phi) is 2.19. The first-order chi connectivity index (χ1) is 10.2. The molecule has 4 atom stereocenters. The number of para-hydroxylation sites is 1. The first kappa shape index (κ1) is 11.8. The maximum Gasteiger partial charge on any atom is 0.309 e. The van der Waals surface area contributed by atoms with Gasteiger partial charge in [-0.1, -0.05) is 18.2 Å². The first-order valence-corrected chi connectivity index (χ1v) is 7.72. The number of esters is 1. The molecular formula is C17H18N2O2. The van der Waals surface area contributed by atoms with Gasteiger partial charge in [-0.3, -0.25) is 9.69 Å². The van der Waals surface area contributed by atoms with E-state index in [1.165, 1.54) is 22.2 Å². The molecule has 4 nitrogen and oxygen atoms in total. The molecule has 5 rings (SSSR count). The van der Waals surface area contributed by atoms with Gasteiger partial charge in [0.2, 0.25) is 0 Å². The molecule has 2 aromatic rings. The highest BCUT2D eigenvalue weighted by Crippen LogP contribution is 2.49. The van der Waals surface area contributed by atoms with E-state index in [-0.39, 0.29) is 11.9 Å². The summed E-state index contributed by atoms with van der Waals surface area (Å²) in [6.07, 6.45) is 1.90. The van der Waals surface area contributed by atoms with Gasteiger partial charge in [-0.05, 0) is 31.5 Å². The van der Waals surface area contributed by atoms with E-state index >= 15 is 0 Å². The summed E-state index contributed by atoms with van der Waals surface area (Å²) in [5.74, 6) is 0.471. The number of carbonyl (C=O) groups excluding carboxylic acids is 1. The van der Waals surface area contributed by atoms with Gasteiger partial charge in [-0.15, -0.1) is 0 Å². The Morgan fingerprint density at radius 2 is 2.19 bits per heavy atom. The summed E-state index contributed by atoms with van der Waals surface area (Å²) in [6.45, 7) is 0.600. The Morgan fingerprint density at radius 1 is 1.33 bits per heavy atom. The van der Waals surface area contributed by atoms with Crippen LogP contribution in [0, 0.1) is 11.8 Å². The number of carbonyl (C=O) groups is 1. The molecule has 0 spiro atoms. The Hall–Kier alpha value is -1.81. The van der Waals surface area contributed by atoms with Crippen molar-refractivity contribution in [2.24, 2.45) is 11.8 Å². The molecule has 3 aliphatic heterocycles. The fourth-order valence-electron chi connectivity index (χ4n) is 4.72. The van der Waals surface area contributed by atoms with Crippen molar-refractivity contribution in [3.63, 3.8) is 0 Å². The van der Waals surface area contributed by atoms with Crippen LogP contribution >= 0.6 is 0 Å². The van der Waals surface area contributed by atoms with Crippen LogP contribution in [-0.2, 0) is 16.0 Å². The highest BCUT2D eigenvalue weighted by Gasteiger charge is 2.52. The molecule has 21 heavy (non-hydrogen) atoms. The fraction of sp³-hybridized carbons (Fsp3) is 0.471. The Bertz CT molecular complexity index is 750. The normalized spacial score (nSPS) is 34.6. The predicted molar refractivity (Wildman–Crippen MR) is 78.9 cm³/mol. The number of nitrogens with one attached hydrogen (secondary N) is 1. The SMILES string of the molecule is CN1[C@@H]2C[C@H]3C(=O)OC[C@H]3[C@@H]1Cc1c2[nH]c2ccccc12. The molecule has 0 aliphatic carbocycles. The number of nitrogens with zero attached hydrogens (tertiary/aromatic N) is 1. The number of H-pyrrole nitrogens is 1. The van der Waals surface area contributed by atoms with E-state index in [9.17, 15) is 4.79 Å².